The summed E-state index contributed by atoms with van der Waals surface area (Å²) in [7, 11) is 1.66. The molecule has 0 fully saturated rings. The van der Waals surface area contributed by atoms with Gasteiger partial charge in [-0.05, 0) is 36.5 Å². The predicted octanol–water partition coefficient (Wildman–Crippen LogP) is 3.06. The first-order valence-corrected chi connectivity index (χ1v) is 7.27. The van der Waals surface area contributed by atoms with Crippen molar-refractivity contribution in [2.45, 2.75) is 6.54 Å². The SMILES string of the molecule is COc1ccccc1CNC(=S)Nc1ccc2nc[nH]c2c1. The zero-order valence-electron chi connectivity index (χ0n) is 12.1. The van der Waals surface area contributed by atoms with Gasteiger partial charge in [0.05, 0.1) is 24.5 Å². The monoisotopic (exact) mass is 312 g/mol. The molecule has 0 spiro atoms. The van der Waals surface area contributed by atoms with E-state index < -0.39 is 0 Å². The molecule has 5 nitrogen and oxygen atoms in total. The lowest BCUT2D eigenvalue weighted by Crippen LogP contribution is -2.28. The Morgan fingerprint density at radius 1 is 1.27 bits per heavy atom. The van der Waals surface area contributed by atoms with Crippen LogP contribution in [0.2, 0.25) is 0 Å². The van der Waals surface area contributed by atoms with Crippen molar-refractivity contribution in [1.29, 1.82) is 0 Å². The van der Waals surface area contributed by atoms with Gasteiger partial charge in [0, 0.05) is 17.8 Å². The number of nitrogens with one attached hydrogen (secondary N) is 3. The van der Waals surface area contributed by atoms with Gasteiger partial charge in [-0.3, -0.25) is 0 Å². The maximum absolute atomic E-state index is 5.33. The number of anilines is 1. The molecule has 0 saturated heterocycles. The van der Waals surface area contributed by atoms with E-state index in [1.54, 1.807) is 13.4 Å². The minimum absolute atomic E-state index is 0.560. The van der Waals surface area contributed by atoms with Gasteiger partial charge in [-0.2, -0.15) is 0 Å². The molecule has 0 aliphatic heterocycles. The Kier molecular flexibility index (Phi) is 4.20. The minimum atomic E-state index is 0.560. The van der Waals surface area contributed by atoms with Gasteiger partial charge in [0.1, 0.15) is 5.75 Å². The summed E-state index contributed by atoms with van der Waals surface area (Å²) >= 11 is 5.33. The fraction of sp³-hybridized carbons (Fsp3) is 0.125. The van der Waals surface area contributed by atoms with E-state index in [0.717, 1.165) is 28.0 Å². The van der Waals surface area contributed by atoms with Crippen LogP contribution in [0.3, 0.4) is 0 Å². The quantitative estimate of drug-likeness (QED) is 0.646. The number of hydrogen-bond donors (Lipinski definition) is 3. The molecule has 0 radical (unpaired) electrons. The van der Waals surface area contributed by atoms with E-state index in [-0.39, 0.29) is 0 Å². The van der Waals surface area contributed by atoms with Crippen LogP contribution < -0.4 is 15.4 Å². The van der Waals surface area contributed by atoms with Gasteiger partial charge < -0.3 is 20.4 Å². The zero-order chi connectivity index (χ0) is 15.4. The highest BCUT2D eigenvalue weighted by atomic mass is 32.1. The Morgan fingerprint density at radius 2 is 2.14 bits per heavy atom. The molecule has 0 aliphatic rings. The summed E-state index contributed by atoms with van der Waals surface area (Å²) in [6, 6.07) is 13.7. The molecule has 2 aromatic carbocycles. The van der Waals surface area contributed by atoms with E-state index in [4.69, 9.17) is 17.0 Å². The number of benzene rings is 2. The maximum Gasteiger partial charge on any atom is 0.171 e. The van der Waals surface area contributed by atoms with Crippen molar-refractivity contribution < 1.29 is 4.74 Å². The van der Waals surface area contributed by atoms with E-state index in [1.165, 1.54) is 0 Å². The summed E-state index contributed by atoms with van der Waals surface area (Å²) in [4.78, 5) is 7.26. The molecule has 1 heterocycles. The number of methoxy groups -OCH3 is 1. The Balaban J connectivity index is 1.62. The molecule has 6 heteroatoms. The van der Waals surface area contributed by atoms with Crippen LogP contribution in [-0.4, -0.2) is 22.2 Å². The topological polar surface area (TPSA) is 62.0 Å². The number of nitrogens with zero attached hydrogens (tertiary/aromatic N) is 1. The van der Waals surface area contributed by atoms with Crippen LogP contribution in [-0.2, 0) is 6.54 Å². The lowest BCUT2D eigenvalue weighted by Gasteiger charge is -2.12. The first kappa shape index (κ1) is 14.3. The number of hydrogen-bond acceptors (Lipinski definition) is 3. The Morgan fingerprint density at radius 3 is 3.00 bits per heavy atom. The van der Waals surface area contributed by atoms with Gasteiger partial charge in [-0.25, -0.2) is 4.98 Å². The van der Waals surface area contributed by atoms with Crippen LogP contribution >= 0.6 is 12.2 Å². The van der Waals surface area contributed by atoms with E-state index in [2.05, 4.69) is 20.6 Å². The maximum atomic E-state index is 5.33. The molecule has 1 aromatic heterocycles. The third-order valence-electron chi connectivity index (χ3n) is 3.31. The average Bonchev–Trinajstić information content (AvgIpc) is 3.01. The second-order valence-corrected chi connectivity index (χ2v) is 5.16. The highest BCUT2D eigenvalue weighted by Gasteiger charge is 2.04. The lowest BCUT2D eigenvalue weighted by atomic mass is 10.2. The number of rotatable bonds is 4. The van der Waals surface area contributed by atoms with Crippen LogP contribution in [0.25, 0.3) is 11.0 Å². The predicted molar refractivity (Wildman–Crippen MR) is 92.1 cm³/mol. The minimum Gasteiger partial charge on any atom is -0.496 e. The first-order valence-electron chi connectivity index (χ1n) is 6.86. The number of imidazole rings is 1. The van der Waals surface area contributed by atoms with Crippen molar-refractivity contribution in [2.24, 2.45) is 0 Å². The Labute approximate surface area is 133 Å². The number of aromatic amines is 1. The first-order chi connectivity index (χ1) is 10.8. The smallest absolute Gasteiger partial charge is 0.171 e. The number of ether oxygens (including phenoxy) is 1. The Bertz CT molecular complexity index is 799. The zero-order valence-corrected chi connectivity index (χ0v) is 12.9. The highest BCUT2D eigenvalue weighted by molar-refractivity contribution is 7.80. The van der Waals surface area contributed by atoms with Crippen LogP contribution in [0.1, 0.15) is 5.56 Å². The number of thiocarbonyl (C=S) groups is 1. The largest absolute Gasteiger partial charge is 0.496 e. The molecule has 112 valence electrons. The Hall–Kier alpha value is -2.60. The summed E-state index contributed by atoms with van der Waals surface area (Å²) in [5.74, 6) is 0.844. The van der Waals surface area contributed by atoms with Crippen molar-refractivity contribution in [3.63, 3.8) is 0 Å². The summed E-state index contributed by atoms with van der Waals surface area (Å²) in [5, 5.41) is 6.90. The van der Waals surface area contributed by atoms with E-state index in [0.29, 0.717) is 11.7 Å². The fourth-order valence-electron chi connectivity index (χ4n) is 2.21. The number of aromatic nitrogens is 2. The van der Waals surface area contributed by atoms with Gasteiger partial charge in [0.25, 0.3) is 0 Å². The van der Waals surface area contributed by atoms with Crippen LogP contribution in [0.15, 0.2) is 48.8 Å². The molecular formula is C16H16N4OS. The fourth-order valence-corrected chi connectivity index (χ4v) is 2.40. The molecule has 3 N–H and O–H groups in total. The van der Waals surface area contributed by atoms with Crippen LogP contribution in [0.4, 0.5) is 5.69 Å². The third kappa shape index (κ3) is 3.17. The van der Waals surface area contributed by atoms with Crippen molar-refractivity contribution in [3.8, 4) is 5.75 Å². The average molecular weight is 312 g/mol. The lowest BCUT2D eigenvalue weighted by molar-refractivity contribution is 0.409. The van der Waals surface area contributed by atoms with E-state index in [9.17, 15) is 0 Å². The van der Waals surface area contributed by atoms with Crippen molar-refractivity contribution in [3.05, 3.63) is 54.4 Å². The second-order valence-electron chi connectivity index (χ2n) is 4.75. The van der Waals surface area contributed by atoms with Crippen molar-refractivity contribution in [1.82, 2.24) is 15.3 Å². The standard InChI is InChI=1S/C16H16N4OS/c1-21-15-5-3-2-4-11(15)9-17-16(22)20-12-6-7-13-14(8-12)19-10-18-13/h2-8,10H,9H2,1H3,(H,18,19)(H2,17,20,22). The number of fused-ring (bicyclic) bond motifs is 1. The summed E-state index contributed by atoms with van der Waals surface area (Å²) < 4.78 is 5.32. The molecule has 0 bridgehead atoms. The summed E-state index contributed by atoms with van der Waals surface area (Å²) in [6.45, 7) is 0.599. The molecular weight excluding hydrogens is 296 g/mol. The molecule has 0 amide bonds. The van der Waals surface area contributed by atoms with E-state index in [1.807, 2.05) is 42.5 Å². The van der Waals surface area contributed by atoms with Crippen molar-refractivity contribution >= 4 is 34.1 Å². The van der Waals surface area contributed by atoms with Crippen molar-refractivity contribution in [2.75, 3.05) is 12.4 Å². The number of H-pyrrole nitrogens is 1. The summed E-state index contributed by atoms with van der Waals surface area (Å²) in [6.07, 6.45) is 1.67. The van der Waals surface area contributed by atoms with Gasteiger partial charge in [-0.1, -0.05) is 18.2 Å². The van der Waals surface area contributed by atoms with E-state index >= 15 is 0 Å². The molecule has 3 rings (SSSR count). The highest BCUT2D eigenvalue weighted by Crippen LogP contribution is 2.17. The van der Waals surface area contributed by atoms with Gasteiger partial charge >= 0.3 is 0 Å². The normalized spacial score (nSPS) is 10.4. The van der Waals surface area contributed by atoms with Gasteiger partial charge in [0.15, 0.2) is 5.11 Å². The molecule has 0 atom stereocenters. The third-order valence-corrected chi connectivity index (χ3v) is 3.56. The molecule has 0 aliphatic carbocycles. The molecule has 3 aromatic rings. The molecule has 0 unspecified atom stereocenters. The summed E-state index contributed by atoms with van der Waals surface area (Å²) in [5.41, 5.74) is 3.86. The molecule has 0 saturated carbocycles. The second kappa shape index (κ2) is 6.44. The van der Waals surface area contributed by atoms with Gasteiger partial charge in [0.2, 0.25) is 0 Å². The molecule has 22 heavy (non-hydrogen) atoms. The van der Waals surface area contributed by atoms with Crippen LogP contribution in [0.5, 0.6) is 5.75 Å². The van der Waals surface area contributed by atoms with Gasteiger partial charge in [-0.15, -0.1) is 0 Å². The number of para-hydroxylation sites is 1. The van der Waals surface area contributed by atoms with Crippen LogP contribution in [0, 0.1) is 0 Å².